The van der Waals surface area contributed by atoms with E-state index in [4.69, 9.17) is 0 Å². The van der Waals surface area contributed by atoms with Crippen molar-refractivity contribution in [1.82, 2.24) is 10.2 Å². The number of urea groups is 1. The maximum atomic E-state index is 12.9. The number of nitrogens with one attached hydrogen (secondary N) is 3. The fourth-order valence-electron chi connectivity index (χ4n) is 4.17. The third-order valence-electron chi connectivity index (χ3n) is 5.89. The van der Waals surface area contributed by atoms with Gasteiger partial charge in [0, 0.05) is 24.0 Å². The van der Waals surface area contributed by atoms with Crippen molar-refractivity contribution in [2.24, 2.45) is 0 Å². The summed E-state index contributed by atoms with van der Waals surface area (Å²) in [5.41, 5.74) is 4.07. The molecule has 0 spiro atoms. The molecule has 6 nitrogen and oxygen atoms in total. The second kappa shape index (κ2) is 11.5. The second-order valence-electron chi connectivity index (χ2n) is 8.03. The van der Waals surface area contributed by atoms with Gasteiger partial charge in [0.05, 0.1) is 6.54 Å². The molecule has 6 heteroatoms. The number of rotatable bonds is 8. The van der Waals surface area contributed by atoms with E-state index in [0.29, 0.717) is 13.1 Å². The van der Waals surface area contributed by atoms with Gasteiger partial charge in [0.15, 0.2) is 0 Å². The quantitative estimate of drug-likeness (QED) is 0.589. The Morgan fingerprint density at radius 1 is 0.935 bits per heavy atom. The van der Waals surface area contributed by atoms with Crippen molar-refractivity contribution in [3.05, 3.63) is 59.7 Å². The number of carbonyl (C=O) groups is 2. The Balaban J connectivity index is 1.56. The Morgan fingerprint density at radius 2 is 1.65 bits per heavy atom. The molecule has 3 rings (SSSR count). The maximum Gasteiger partial charge on any atom is 0.319 e. The third-order valence-corrected chi connectivity index (χ3v) is 5.89. The predicted octanol–water partition coefficient (Wildman–Crippen LogP) is 4.43. The van der Waals surface area contributed by atoms with Gasteiger partial charge in [-0.1, -0.05) is 56.7 Å². The van der Waals surface area contributed by atoms with E-state index < -0.39 is 0 Å². The molecule has 1 unspecified atom stereocenters. The van der Waals surface area contributed by atoms with Crippen molar-refractivity contribution in [2.75, 3.05) is 30.3 Å². The number of anilines is 2. The molecule has 0 bridgehead atoms. The van der Waals surface area contributed by atoms with E-state index in [9.17, 15) is 9.59 Å². The minimum absolute atomic E-state index is 0.0104. The number of piperidine rings is 1. The topological polar surface area (TPSA) is 73.5 Å². The highest BCUT2D eigenvalue weighted by Gasteiger charge is 2.25. The van der Waals surface area contributed by atoms with Gasteiger partial charge < -0.3 is 16.0 Å². The van der Waals surface area contributed by atoms with Gasteiger partial charge in [0.2, 0.25) is 5.91 Å². The summed E-state index contributed by atoms with van der Waals surface area (Å²) in [7, 11) is 0. The first-order chi connectivity index (χ1) is 15.1. The second-order valence-corrected chi connectivity index (χ2v) is 8.03. The van der Waals surface area contributed by atoms with Crippen molar-refractivity contribution in [2.45, 2.75) is 52.0 Å². The number of benzene rings is 2. The molecule has 0 aliphatic carbocycles. The Morgan fingerprint density at radius 3 is 2.32 bits per heavy atom. The van der Waals surface area contributed by atoms with Crippen LogP contribution < -0.4 is 16.0 Å². The average molecular weight is 423 g/mol. The van der Waals surface area contributed by atoms with Gasteiger partial charge in [0.25, 0.3) is 0 Å². The lowest BCUT2D eigenvalue weighted by Gasteiger charge is -2.35. The molecular weight excluding hydrogens is 388 g/mol. The zero-order valence-electron chi connectivity index (χ0n) is 18.6. The van der Waals surface area contributed by atoms with Crippen LogP contribution in [0.15, 0.2) is 48.5 Å². The number of para-hydroxylation sites is 2. The molecule has 3 amide bonds. The van der Waals surface area contributed by atoms with Gasteiger partial charge in [-0.3, -0.25) is 9.69 Å². The largest absolute Gasteiger partial charge is 0.336 e. The summed E-state index contributed by atoms with van der Waals surface area (Å²) in [4.78, 5) is 27.3. The summed E-state index contributed by atoms with van der Waals surface area (Å²) >= 11 is 0. The number of carbonyl (C=O) groups excluding carboxylic acids is 2. The number of hydrogen-bond donors (Lipinski definition) is 3. The molecular formula is C25H34N4O2. The van der Waals surface area contributed by atoms with Crippen LogP contribution in [-0.4, -0.2) is 42.5 Å². The monoisotopic (exact) mass is 422 g/mol. The van der Waals surface area contributed by atoms with Crippen LogP contribution in [0.1, 0.15) is 44.2 Å². The standard InChI is InChI=1S/C25H34N4O2/c1-3-19-11-10-12-20(4-2)24(19)28-23(30)18-29-16-9-8-15-22(29)17-26-25(31)27-21-13-6-5-7-14-21/h5-7,10-14,22H,3-4,8-9,15-18H2,1-2H3,(H,28,30)(H2,26,27,31). The van der Waals surface area contributed by atoms with Crippen molar-refractivity contribution in [3.8, 4) is 0 Å². The van der Waals surface area contributed by atoms with Crippen LogP contribution in [0.4, 0.5) is 16.2 Å². The van der Waals surface area contributed by atoms with Gasteiger partial charge >= 0.3 is 6.03 Å². The third kappa shape index (κ3) is 6.56. The Labute approximate surface area is 185 Å². The molecule has 1 saturated heterocycles. The van der Waals surface area contributed by atoms with Crippen LogP contribution in [-0.2, 0) is 17.6 Å². The van der Waals surface area contributed by atoms with E-state index in [1.807, 2.05) is 30.3 Å². The fraction of sp³-hybridized carbons (Fsp3) is 0.440. The highest BCUT2D eigenvalue weighted by atomic mass is 16.2. The molecule has 1 heterocycles. The van der Waals surface area contributed by atoms with E-state index >= 15 is 0 Å². The minimum atomic E-state index is -0.217. The zero-order chi connectivity index (χ0) is 22.1. The lowest BCUT2D eigenvalue weighted by molar-refractivity contribution is -0.118. The molecule has 166 valence electrons. The molecule has 1 fully saturated rings. The first kappa shape index (κ1) is 22.8. The van der Waals surface area contributed by atoms with Crippen LogP contribution in [0.25, 0.3) is 0 Å². The molecule has 0 radical (unpaired) electrons. The van der Waals surface area contributed by atoms with E-state index in [0.717, 1.165) is 50.0 Å². The number of hydrogen-bond acceptors (Lipinski definition) is 3. The number of nitrogens with zero attached hydrogens (tertiary/aromatic N) is 1. The molecule has 3 N–H and O–H groups in total. The first-order valence-corrected chi connectivity index (χ1v) is 11.3. The first-order valence-electron chi connectivity index (χ1n) is 11.3. The Kier molecular flexibility index (Phi) is 8.47. The van der Waals surface area contributed by atoms with Crippen molar-refractivity contribution in [3.63, 3.8) is 0 Å². The highest BCUT2D eigenvalue weighted by Crippen LogP contribution is 2.23. The predicted molar refractivity (Wildman–Crippen MR) is 127 cm³/mol. The van der Waals surface area contributed by atoms with E-state index in [-0.39, 0.29) is 18.0 Å². The smallest absolute Gasteiger partial charge is 0.319 e. The van der Waals surface area contributed by atoms with E-state index in [1.165, 1.54) is 11.1 Å². The maximum absolute atomic E-state index is 12.9. The van der Waals surface area contributed by atoms with Gasteiger partial charge in [-0.2, -0.15) is 0 Å². The van der Waals surface area contributed by atoms with Crippen molar-refractivity contribution >= 4 is 23.3 Å². The number of amides is 3. The SMILES string of the molecule is CCc1cccc(CC)c1NC(=O)CN1CCCCC1CNC(=O)Nc1ccccc1. The van der Waals surface area contributed by atoms with Gasteiger partial charge in [0.1, 0.15) is 0 Å². The van der Waals surface area contributed by atoms with E-state index in [2.05, 4.69) is 52.9 Å². The summed E-state index contributed by atoms with van der Waals surface area (Å²) in [5.74, 6) is 0.0104. The van der Waals surface area contributed by atoms with Crippen LogP contribution in [0.2, 0.25) is 0 Å². The molecule has 1 atom stereocenters. The van der Waals surface area contributed by atoms with Gasteiger partial charge in [-0.25, -0.2) is 4.79 Å². The van der Waals surface area contributed by atoms with Crippen LogP contribution in [0.5, 0.6) is 0 Å². The minimum Gasteiger partial charge on any atom is -0.336 e. The molecule has 0 aromatic heterocycles. The molecule has 2 aromatic rings. The summed E-state index contributed by atoms with van der Waals surface area (Å²) < 4.78 is 0. The highest BCUT2D eigenvalue weighted by molar-refractivity contribution is 5.94. The molecule has 1 aliphatic rings. The average Bonchev–Trinajstić information content (AvgIpc) is 2.79. The Bertz CT molecular complexity index is 847. The normalized spacial score (nSPS) is 16.5. The summed E-state index contributed by atoms with van der Waals surface area (Å²) in [6, 6.07) is 15.6. The Hall–Kier alpha value is -2.86. The lowest BCUT2D eigenvalue weighted by Crippen LogP contribution is -2.49. The van der Waals surface area contributed by atoms with Crippen molar-refractivity contribution < 1.29 is 9.59 Å². The summed E-state index contributed by atoms with van der Waals surface area (Å²) in [5, 5.41) is 8.98. The molecule has 31 heavy (non-hydrogen) atoms. The molecule has 2 aromatic carbocycles. The number of likely N-dealkylation sites (tertiary alicyclic amines) is 1. The van der Waals surface area contributed by atoms with Crippen LogP contribution in [0, 0.1) is 0 Å². The summed E-state index contributed by atoms with van der Waals surface area (Å²) in [6.07, 6.45) is 4.94. The fourth-order valence-corrected chi connectivity index (χ4v) is 4.17. The number of aryl methyl sites for hydroxylation is 2. The lowest BCUT2D eigenvalue weighted by atomic mass is 10.0. The van der Waals surface area contributed by atoms with Gasteiger partial charge in [-0.15, -0.1) is 0 Å². The van der Waals surface area contributed by atoms with E-state index in [1.54, 1.807) is 0 Å². The molecule has 1 aliphatic heterocycles. The summed E-state index contributed by atoms with van der Waals surface area (Å²) in [6.45, 7) is 5.95. The van der Waals surface area contributed by atoms with Gasteiger partial charge in [-0.05, 0) is 55.5 Å². The van der Waals surface area contributed by atoms with Crippen LogP contribution >= 0.6 is 0 Å². The van der Waals surface area contributed by atoms with Crippen molar-refractivity contribution in [1.29, 1.82) is 0 Å². The molecule has 0 saturated carbocycles. The zero-order valence-corrected chi connectivity index (χ0v) is 18.6. The van der Waals surface area contributed by atoms with Crippen LogP contribution in [0.3, 0.4) is 0 Å².